The van der Waals surface area contributed by atoms with Crippen molar-refractivity contribution in [1.29, 1.82) is 0 Å². The van der Waals surface area contributed by atoms with E-state index < -0.39 is 27.2 Å². The number of hydrogen-bond acceptors (Lipinski definition) is 5. The van der Waals surface area contributed by atoms with Crippen LogP contribution in [0.25, 0.3) is 0 Å². The fraction of sp³-hybridized carbons (Fsp3) is 0.385. The third-order valence-electron chi connectivity index (χ3n) is 6.18. The first-order valence-electron chi connectivity index (χ1n) is 11.8. The van der Waals surface area contributed by atoms with Gasteiger partial charge in [0.25, 0.3) is 5.91 Å². The van der Waals surface area contributed by atoms with E-state index in [0.29, 0.717) is 12.3 Å². The normalized spacial score (nSPS) is 16.0. The molecule has 1 fully saturated rings. The number of halogens is 2. The van der Waals surface area contributed by atoms with Crippen LogP contribution in [0, 0.1) is 11.6 Å². The molecule has 0 N–H and O–H groups in total. The molecule has 3 aromatic rings. The molecule has 10 heteroatoms. The molecule has 0 aliphatic carbocycles. The molecular weight excluding hydrogens is 488 g/mol. The summed E-state index contributed by atoms with van der Waals surface area (Å²) in [5, 5.41) is -0.196. The van der Waals surface area contributed by atoms with Crippen LogP contribution < -0.4 is 0 Å². The second kappa shape index (κ2) is 10.9. The van der Waals surface area contributed by atoms with Crippen LogP contribution in [0.2, 0.25) is 0 Å². The van der Waals surface area contributed by atoms with E-state index in [1.807, 2.05) is 13.8 Å². The zero-order valence-corrected chi connectivity index (χ0v) is 21.0. The van der Waals surface area contributed by atoms with Crippen molar-refractivity contribution in [3.63, 3.8) is 0 Å². The highest BCUT2D eigenvalue weighted by Gasteiger charge is 2.29. The predicted octanol–water partition coefficient (Wildman–Crippen LogP) is 4.37. The monoisotopic (exact) mass is 517 g/mol. The molecule has 2 heterocycles. The molecular formula is C26H29F2N3O4S. The lowest BCUT2D eigenvalue weighted by molar-refractivity contribution is 0.0677. The van der Waals surface area contributed by atoms with E-state index in [9.17, 15) is 22.0 Å². The minimum atomic E-state index is -4.02. The van der Waals surface area contributed by atoms with Gasteiger partial charge in [-0.3, -0.25) is 4.79 Å². The molecule has 0 bridgehead atoms. The number of ether oxygens (including phenoxy) is 1. The lowest BCUT2D eigenvalue weighted by Gasteiger charge is -2.28. The summed E-state index contributed by atoms with van der Waals surface area (Å²) in [6.45, 7) is 4.53. The number of carbonyl (C=O) groups is 1. The van der Waals surface area contributed by atoms with Crippen LogP contribution in [0.5, 0.6) is 0 Å². The van der Waals surface area contributed by atoms with Crippen molar-refractivity contribution < 1.29 is 26.7 Å². The highest BCUT2D eigenvalue weighted by Crippen LogP contribution is 2.24. The lowest BCUT2D eigenvalue weighted by Crippen LogP contribution is -2.37. The van der Waals surface area contributed by atoms with E-state index in [1.54, 1.807) is 10.6 Å². The van der Waals surface area contributed by atoms with E-state index in [1.165, 1.54) is 53.6 Å². The van der Waals surface area contributed by atoms with Gasteiger partial charge in [-0.15, -0.1) is 0 Å². The van der Waals surface area contributed by atoms with E-state index >= 15 is 0 Å². The van der Waals surface area contributed by atoms with Gasteiger partial charge in [-0.1, -0.05) is 24.3 Å². The highest BCUT2D eigenvalue weighted by atomic mass is 32.2. The number of amides is 1. The molecule has 0 radical (unpaired) electrons. The molecule has 2 aromatic carbocycles. The Bertz CT molecular complexity index is 1330. The summed E-state index contributed by atoms with van der Waals surface area (Å²) >= 11 is 0. The number of rotatable bonds is 9. The Morgan fingerprint density at radius 2 is 1.97 bits per heavy atom. The Morgan fingerprint density at radius 3 is 2.64 bits per heavy atom. The van der Waals surface area contributed by atoms with Gasteiger partial charge >= 0.3 is 0 Å². The highest BCUT2D eigenvalue weighted by molar-refractivity contribution is 7.90. The van der Waals surface area contributed by atoms with Crippen LogP contribution in [0.4, 0.5) is 8.78 Å². The van der Waals surface area contributed by atoms with E-state index in [4.69, 9.17) is 4.74 Å². The Morgan fingerprint density at radius 1 is 1.19 bits per heavy atom. The van der Waals surface area contributed by atoms with E-state index in [-0.39, 0.29) is 47.4 Å². The summed E-state index contributed by atoms with van der Waals surface area (Å²) < 4.78 is 62.0. The van der Waals surface area contributed by atoms with Crippen molar-refractivity contribution in [2.45, 2.75) is 62.8 Å². The van der Waals surface area contributed by atoms with Crippen LogP contribution in [0.1, 0.15) is 48.3 Å². The standard InChI is InChI=1S/C26H29F2N3O4S/c1-18(2)30(25(32)19-8-5-9-21(27)13-19)15-22-14-29-26(31(22)16-23-10-6-12-35-23)36(33,34)17-20-7-3-4-11-24(20)28/h3-5,7-9,11,13-14,18,23H,6,10,12,15-17H2,1-2H3. The van der Waals surface area contributed by atoms with E-state index in [2.05, 4.69) is 4.98 Å². The smallest absolute Gasteiger partial charge is 0.254 e. The molecule has 1 saturated heterocycles. The Balaban J connectivity index is 1.69. The first kappa shape index (κ1) is 26.0. The number of hydrogen-bond donors (Lipinski definition) is 0. The number of benzene rings is 2. The Kier molecular flexibility index (Phi) is 7.85. The molecule has 1 aliphatic rings. The van der Waals surface area contributed by atoms with Crippen molar-refractivity contribution in [2.24, 2.45) is 0 Å². The lowest BCUT2D eigenvalue weighted by atomic mass is 10.1. The summed E-state index contributed by atoms with van der Waals surface area (Å²) in [5.41, 5.74) is 0.744. The largest absolute Gasteiger partial charge is 0.376 e. The maximum atomic E-state index is 14.2. The zero-order valence-electron chi connectivity index (χ0n) is 20.2. The van der Waals surface area contributed by atoms with Gasteiger partial charge in [0.05, 0.1) is 36.8 Å². The SMILES string of the molecule is CC(C)N(Cc1cnc(S(=O)(=O)Cc2ccccc2F)n1CC1CCCO1)C(=O)c1cccc(F)c1. The van der Waals surface area contributed by atoms with Crippen LogP contribution in [-0.4, -0.2) is 47.5 Å². The summed E-state index contributed by atoms with van der Waals surface area (Å²) in [7, 11) is -4.02. The van der Waals surface area contributed by atoms with Gasteiger partial charge in [-0.25, -0.2) is 22.2 Å². The molecule has 192 valence electrons. The summed E-state index contributed by atoms with van der Waals surface area (Å²) in [6.07, 6.45) is 2.85. The van der Waals surface area contributed by atoms with Gasteiger partial charge in [-0.2, -0.15) is 0 Å². The molecule has 0 saturated carbocycles. The van der Waals surface area contributed by atoms with Gasteiger partial charge in [0.15, 0.2) is 0 Å². The fourth-order valence-electron chi connectivity index (χ4n) is 4.29. The molecule has 1 amide bonds. The molecule has 7 nitrogen and oxygen atoms in total. The number of sulfone groups is 1. The summed E-state index contributed by atoms with van der Waals surface area (Å²) in [4.78, 5) is 19.0. The van der Waals surface area contributed by atoms with Crippen molar-refractivity contribution in [3.8, 4) is 0 Å². The van der Waals surface area contributed by atoms with Crippen LogP contribution in [0.3, 0.4) is 0 Å². The van der Waals surface area contributed by atoms with Gasteiger partial charge in [0.1, 0.15) is 11.6 Å². The second-order valence-corrected chi connectivity index (χ2v) is 11.0. The zero-order chi connectivity index (χ0) is 25.9. The number of nitrogens with zero attached hydrogens (tertiary/aromatic N) is 3. The van der Waals surface area contributed by atoms with Crippen LogP contribution >= 0.6 is 0 Å². The third-order valence-corrected chi connectivity index (χ3v) is 7.75. The van der Waals surface area contributed by atoms with Gasteiger partial charge < -0.3 is 14.2 Å². The molecule has 0 spiro atoms. The Labute approximate surface area is 209 Å². The fourth-order valence-corrected chi connectivity index (χ4v) is 5.80. The Hall–Kier alpha value is -3.11. The molecule has 1 aromatic heterocycles. The number of carbonyl (C=O) groups excluding carboxylic acids is 1. The van der Waals surface area contributed by atoms with Crippen molar-refractivity contribution in [2.75, 3.05) is 6.61 Å². The van der Waals surface area contributed by atoms with Gasteiger partial charge in [-0.05, 0) is 51.0 Å². The van der Waals surface area contributed by atoms with Crippen molar-refractivity contribution in [3.05, 3.63) is 83.2 Å². The van der Waals surface area contributed by atoms with Crippen LogP contribution in [0.15, 0.2) is 59.9 Å². The second-order valence-electron chi connectivity index (χ2n) is 9.17. The number of aromatic nitrogens is 2. The number of imidazole rings is 1. The van der Waals surface area contributed by atoms with Crippen molar-refractivity contribution >= 4 is 15.7 Å². The average Bonchev–Trinajstić information content (AvgIpc) is 3.49. The summed E-state index contributed by atoms with van der Waals surface area (Å²) in [5.74, 6) is -2.05. The third kappa shape index (κ3) is 5.82. The minimum Gasteiger partial charge on any atom is -0.376 e. The molecule has 36 heavy (non-hydrogen) atoms. The summed E-state index contributed by atoms with van der Waals surface area (Å²) in [6, 6.07) is 10.9. The predicted molar refractivity (Wildman–Crippen MR) is 130 cm³/mol. The van der Waals surface area contributed by atoms with Crippen LogP contribution in [-0.2, 0) is 33.4 Å². The van der Waals surface area contributed by atoms with Crippen molar-refractivity contribution in [1.82, 2.24) is 14.5 Å². The first-order chi connectivity index (χ1) is 17.2. The van der Waals surface area contributed by atoms with Gasteiger partial charge in [0, 0.05) is 23.8 Å². The minimum absolute atomic E-state index is 0.0517. The first-order valence-corrected chi connectivity index (χ1v) is 13.5. The maximum Gasteiger partial charge on any atom is 0.254 e. The molecule has 4 rings (SSSR count). The van der Waals surface area contributed by atoms with E-state index in [0.717, 1.165) is 12.8 Å². The maximum absolute atomic E-state index is 14.2. The molecule has 1 unspecified atom stereocenters. The molecule has 1 atom stereocenters. The quantitative estimate of drug-likeness (QED) is 0.421. The average molecular weight is 518 g/mol. The van der Waals surface area contributed by atoms with Gasteiger partial charge in [0.2, 0.25) is 15.0 Å². The molecule has 1 aliphatic heterocycles. The topological polar surface area (TPSA) is 81.5 Å².